The maximum atomic E-state index is 12.1. The van der Waals surface area contributed by atoms with Gasteiger partial charge in [-0.2, -0.15) is 13.4 Å². The second-order valence-corrected chi connectivity index (χ2v) is 9.23. The number of aryl methyl sites for hydroxylation is 1. The van der Waals surface area contributed by atoms with Crippen LogP contribution in [0.3, 0.4) is 0 Å². The molecule has 0 aliphatic carbocycles. The molecule has 0 aliphatic rings. The van der Waals surface area contributed by atoms with E-state index in [1.807, 2.05) is 60.2 Å². The molecule has 0 aliphatic heterocycles. The fraction of sp³-hybridized carbons (Fsp3) is 0.130. The first kappa shape index (κ1) is 21.0. The van der Waals surface area contributed by atoms with Crippen molar-refractivity contribution < 1.29 is 8.42 Å². The highest BCUT2D eigenvalue weighted by molar-refractivity contribution is 7.90. The normalized spacial score (nSPS) is 11.8. The summed E-state index contributed by atoms with van der Waals surface area (Å²) in [6, 6.07) is 21.4. The Kier molecular flexibility index (Phi) is 5.23. The predicted molar refractivity (Wildman–Crippen MR) is 130 cm³/mol. The molecule has 10 heteroatoms. The van der Waals surface area contributed by atoms with Crippen LogP contribution >= 0.6 is 0 Å². The Bertz CT molecular complexity index is 1560. The molecule has 0 amide bonds. The second-order valence-electron chi connectivity index (χ2n) is 7.61. The smallest absolute Gasteiger partial charge is 0.298 e. The Labute approximate surface area is 191 Å². The molecule has 0 saturated carbocycles. The van der Waals surface area contributed by atoms with Crippen LogP contribution < -0.4 is 14.8 Å². The van der Waals surface area contributed by atoms with Crippen molar-refractivity contribution in [1.82, 2.24) is 23.9 Å². The molecule has 0 radical (unpaired) electrons. The average Bonchev–Trinajstić information content (AvgIpc) is 3.42. The topological polar surface area (TPSA) is 105 Å². The Morgan fingerprint density at radius 2 is 1.76 bits per heavy atom. The van der Waals surface area contributed by atoms with E-state index >= 15 is 0 Å². The molecular formula is C23H23N7O2S. The zero-order valence-electron chi connectivity index (χ0n) is 18.1. The van der Waals surface area contributed by atoms with Crippen molar-refractivity contribution in [3.8, 4) is 5.95 Å². The lowest BCUT2D eigenvalue weighted by Crippen LogP contribution is -2.26. The third kappa shape index (κ3) is 4.01. The Morgan fingerprint density at radius 3 is 2.55 bits per heavy atom. The molecule has 5 aromatic rings. The van der Waals surface area contributed by atoms with Gasteiger partial charge in [0.1, 0.15) is 5.52 Å². The highest BCUT2D eigenvalue weighted by Gasteiger charge is 2.17. The zero-order chi connectivity index (χ0) is 23.0. The van der Waals surface area contributed by atoms with E-state index in [1.54, 1.807) is 16.6 Å². The van der Waals surface area contributed by atoms with Gasteiger partial charge in [0.2, 0.25) is 0 Å². The van der Waals surface area contributed by atoms with Crippen LogP contribution in [0, 0.1) is 6.92 Å². The monoisotopic (exact) mass is 461 g/mol. The maximum Gasteiger partial charge on any atom is 0.298 e. The van der Waals surface area contributed by atoms with E-state index in [9.17, 15) is 8.42 Å². The lowest BCUT2D eigenvalue weighted by molar-refractivity contribution is 0.593. The summed E-state index contributed by atoms with van der Waals surface area (Å²) in [6.07, 6.45) is 1.88. The van der Waals surface area contributed by atoms with Gasteiger partial charge in [-0.15, -0.1) is 5.10 Å². The van der Waals surface area contributed by atoms with Crippen LogP contribution in [0.5, 0.6) is 0 Å². The number of nitrogens with zero attached hydrogens (tertiary/aromatic N) is 4. The maximum absolute atomic E-state index is 12.1. The number of rotatable bonds is 7. The molecule has 0 spiro atoms. The summed E-state index contributed by atoms with van der Waals surface area (Å²) in [5.74, 6) is 1.19. The van der Waals surface area contributed by atoms with E-state index in [0.29, 0.717) is 24.0 Å². The standard InChI is InChI=1S/C23H23N7O2S/c1-16-14-18-19(28-33(31,32)24-2)10-6-11-20(18)30(16)23-26-22(21-12-7-13-29(21)27-23)25-15-17-8-4-3-5-9-17/h3-14,24,28H,15H2,1-2H3,(H,25,26,27). The summed E-state index contributed by atoms with van der Waals surface area (Å²) < 4.78 is 32.7. The summed E-state index contributed by atoms with van der Waals surface area (Å²) in [5, 5.41) is 8.88. The number of anilines is 2. The van der Waals surface area contributed by atoms with Crippen LogP contribution in [0.25, 0.3) is 22.4 Å². The summed E-state index contributed by atoms with van der Waals surface area (Å²) in [5.41, 5.74) is 4.16. The van der Waals surface area contributed by atoms with Crippen molar-refractivity contribution in [1.29, 1.82) is 0 Å². The van der Waals surface area contributed by atoms with Crippen LogP contribution in [-0.4, -0.2) is 34.6 Å². The Morgan fingerprint density at radius 1 is 0.970 bits per heavy atom. The van der Waals surface area contributed by atoms with Crippen LogP contribution in [0.4, 0.5) is 11.5 Å². The lowest BCUT2D eigenvalue weighted by atomic mass is 10.2. The van der Waals surface area contributed by atoms with Gasteiger partial charge >= 0.3 is 0 Å². The third-order valence-corrected chi connectivity index (χ3v) is 6.45. The van der Waals surface area contributed by atoms with Crippen molar-refractivity contribution in [3.63, 3.8) is 0 Å². The van der Waals surface area contributed by atoms with E-state index in [-0.39, 0.29) is 0 Å². The predicted octanol–water partition coefficient (Wildman–Crippen LogP) is 3.47. The third-order valence-electron chi connectivity index (χ3n) is 5.43. The number of nitrogens with one attached hydrogen (secondary N) is 3. The van der Waals surface area contributed by atoms with Gasteiger partial charge in [-0.05, 0) is 42.8 Å². The molecule has 3 aromatic heterocycles. The molecule has 5 rings (SSSR count). The van der Waals surface area contributed by atoms with Gasteiger partial charge in [-0.3, -0.25) is 9.29 Å². The fourth-order valence-electron chi connectivity index (χ4n) is 3.84. The van der Waals surface area contributed by atoms with E-state index in [4.69, 9.17) is 10.1 Å². The molecule has 0 bridgehead atoms. The molecule has 0 fully saturated rings. The van der Waals surface area contributed by atoms with Gasteiger partial charge in [-0.1, -0.05) is 36.4 Å². The first-order valence-electron chi connectivity index (χ1n) is 10.4. The number of aromatic nitrogens is 4. The Balaban J connectivity index is 1.60. The summed E-state index contributed by atoms with van der Waals surface area (Å²) in [6.45, 7) is 2.57. The van der Waals surface area contributed by atoms with Crippen LogP contribution in [-0.2, 0) is 16.8 Å². The van der Waals surface area contributed by atoms with E-state index in [2.05, 4.69) is 26.9 Å². The lowest BCUT2D eigenvalue weighted by Gasteiger charge is -2.12. The van der Waals surface area contributed by atoms with Crippen LogP contribution in [0.15, 0.2) is 72.9 Å². The van der Waals surface area contributed by atoms with Gasteiger partial charge in [-0.25, -0.2) is 9.24 Å². The number of benzene rings is 2. The largest absolute Gasteiger partial charge is 0.364 e. The van der Waals surface area contributed by atoms with Gasteiger partial charge in [0.05, 0.1) is 11.2 Å². The summed E-state index contributed by atoms with van der Waals surface area (Å²) in [7, 11) is -2.28. The van der Waals surface area contributed by atoms with Crippen molar-refractivity contribution >= 4 is 38.1 Å². The van der Waals surface area contributed by atoms with Crippen LogP contribution in [0.2, 0.25) is 0 Å². The minimum atomic E-state index is -3.65. The van der Waals surface area contributed by atoms with Crippen molar-refractivity contribution in [2.75, 3.05) is 17.1 Å². The number of hydrogen-bond acceptors (Lipinski definition) is 5. The first-order chi connectivity index (χ1) is 15.9. The molecule has 0 atom stereocenters. The van der Waals surface area contributed by atoms with Gasteiger partial charge in [0, 0.05) is 30.9 Å². The molecule has 9 nitrogen and oxygen atoms in total. The van der Waals surface area contributed by atoms with Crippen molar-refractivity contribution in [2.24, 2.45) is 0 Å². The average molecular weight is 462 g/mol. The van der Waals surface area contributed by atoms with Crippen molar-refractivity contribution in [2.45, 2.75) is 13.5 Å². The molecule has 33 heavy (non-hydrogen) atoms. The number of fused-ring (bicyclic) bond motifs is 2. The quantitative estimate of drug-likeness (QED) is 0.344. The molecule has 0 unspecified atom stereocenters. The molecule has 3 N–H and O–H groups in total. The fourth-order valence-corrected chi connectivity index (χ4v) is 4.41. The highest BCUT2D eigenvalue weighted by Crippen LogP contribution is 2.30. The highest BCUT2D eigenvalue weighted by atomic mass is 32.2. The Hall–Kier alpha value is -3.89. The van der Waals surface area contributed by atoms with Gasteiger partial charge in [0.15, 0.2) is 5.82 Å². The zero-order valence-corrected chi connectivity index (χ0v) is 19.0. The van der Waals surface area contributed by atoms with E-state index in [0.717, 1.165) is 27.7 Å². The minimum absolute atomic E-state index is 0.480. The van der Waals surface area contributed by atoms with Crippen LogP contribution in [0.1, 0.15) is 11.3 Å². The summed E-state index contributed by atoms with van der Waals surface area (Å²) >= 11 is 0. The molecule has 2 aromatic carbocycles. The number of hydrogen-bond donors (Lipinski definition) is 3. The first-order valence-corrected chi connectivity index (χ1v) is 11.9. The van der Waals surface area contributed by atoms with Crippen molar-refractivity contribution in [3.05, 3.63) is 84.2 Å². The summed E-state index contributed by atoms with van der Waals surface area (Å²) in [4.78, 5) is 4.83. The SMILES string of the molecule is CNS(=O)(=O)Nc1cccc2c1cc(C)n2-c1nc(NCc2ccccc2)c2cccn2n1. The molecule has 168 valence electrons. The van der Waals surface area contributed by atoms with Gasteiger partial charge in [0.25, 0.3) is 16.2 Å². The van der Waals surface area contributed by atoms with E-state index < -0.39 is 10.2 Å². The molecule has 3 heterocycles. The van der Waals surface area contributed by atoms with Gasteiger partial charge < -0.3 is 5.32 Å². The minimum Gasteiger partial charge on any atom is -0.364 e. The van der Waals surface area contributed by atoms with E-state index in [1.165, 1.54) is 7.05 Å². The molecule has 0 saturated heterocycles. The molecular weight excluding hydrogens is 438 g/mol. The second kappa shape index (κ2) is 8.23.